The Kier molecular flexibility index (Phi) is 5.74. The molecule has 1 saturated heterocycles. The van der Waals surface area contributed by atoms with Crippen molar-refractivity contribution in [3.05, 3.63) is 53.1 Å². The maximum Gasteiger partial charge on any atom is 0.409 e. The summed E-state index contributed by atoms with van der Waals surface area (Å²) in [6.45, 7) is 2.62. The average Bonchev–Trinajstić information content (AvgIpc) is 3.09. The van der Waals surface area contributed by atoms with E-state index in [4.69, 9.17) is 14.6 Å². The third-order valence-corrected chi connectivity index (χ3v) is 5.27. The van der Waals surface area contributed by atoms with Gasteiger partial charge in [-0.25, -0.2) is 28.3 Å². The van der Waals surface area contributed by atoms with Crippen molar-refractivity contribution in [2.24, 2.45) is 0 Å². The molecule has 3 aromatic rings. The van der Waals surface area contributed by atoms with Gasteiger partial charge in [0.25, 0.3) is 0 Å². The molecule has 0 aliphatic carbocycles. The summed E-state index contributed by atoms with van der Waals surface area (Å²) in [4.78, 5) is 33.2. The normalized spacial score (nSPS) is 16.4. The second kappa shape index (κ2) is 8.50. The zero-order chi connectivity index (χ0) is 23.0. The van der Waals surface area contributed by atoms with E-state index >= 15 is 0 Å². The number of morpholine rings is 1. The van der Waals surface area contributed by atoms with Gasteiger partial charge in [0.05, 0.1) is 48.9 Å². The molecule has 1 aromatic carbocycles. The van der Waals surface area contributed by atoms with Gasteiger partial charge in [0, 0.05) is 24.7 Å². The van der Waals surface area contributed by atoms with Crippen LogP contribution in [0.5, 0.6) is 0 Å². The number of methoxy groups -OCH3 is 1. The van der Waals surface area contributed by atoms with E-state index in [-0.39, 0.29) is 25.3 Å². The minimum Gasteiger partial charge on any atom is -0.478 e. The van der Waals surface area contributed by atoms with Crippen molar-refractivity contribution in [2.45, 2.75) is 19.4 Å². The number of halogens is 2. The molecule has 1 N–H and O–H groups in total. The summed E-state index contributed by atoms with van der Waals surface area (Å²) >= 11 is 0. The number of aromatic nitrogens is 3. The molecule has 1 amide bonds. The molecule has 1 atom stereocenters. The van der Waals surface area contributed by atoms with E-state index in [0.717, 1.165) is 12.1 Å². The maximum atomic E-state index is 14.9. The Morgan fingerprint density at radius 3 is 2.66 bits per heavy atom. The van der Waals surface area contributed by atoms with Crippen LogP contribution in [0, 0.1) is 18.6 Å². The van der Waals surface area contributed by atoms with Crippen LogP contribution in [-0.2, 0) is 15.9 Å². The summed E-state index contributed by atoms with van der Waals surface area (Å²) in [5.41, 5.74) is 0.578. The van der Waals surface area contributed by atoms with E-state index in [1.54, 1.807) is 17.4 Å². The smallest absolute Gasteiger partial charge is 0.409 e. The third kappa shape index (κ3) is 3.98. The first-order chi connectivity index (χ1) is 15.3. The largest absolute Gasteiger partial charge is 0.478 e. The molecule has 4 rings (SSSR count). The molecule has 3 heterocycles. The topological polar surface area (TPSA) is 106 Å². The number of rotatable bonds is 4. The van der Waals surface area contributed by atoms with Gasteiger partial charge in [0.1, 0.15) is 23.6 Å². The van der Waals surface area contributed by atoms with Gasteiger partial charge >= 0.3 is 12.1 Å². The maximum absolute atomic E-state index is 14.9. The van der Waals surface area contributed by atoms with E-state index in [1.165, 1.54) is 18.3 Å². The summed E-state index contributed by atoms with van der Waals surface area (Å²) in [5, 5.41) is 9.08. The fourth-order valence-corrected chi connectivity index (χ4v) is 3.76. The van der Waals surface area contributed by atoms with Gasteiger partial charge < -0.3 is 19.5 Å². The SMILES string of the molecule is COC(=O)N1CCOC(Cc2c(-c3c(F)cc(C(=O)O)cc3F)nc3cc(C)ncn23)C1. The summed E-state index contributed by atoms with van der Waals surface area (Å²) in [6.07, 6.45) is 0.704. The standard InChI is InChI=1S/C21H20F2N4O5/c1-11-5-17-25-19(18-14(22)6-12(20(28)29)7-15(18)23)16(27(17)10-24-11)8-13-9-26(3-4-32-13)21(30)31-2/h5-7,10,13H,3-4,8-9H2,1-2H3,(H,28,29). The highest BCUT2D eigenvalue weighted by atomic mass is 19.1. The lowest BCUT2D eigenvalue weighted by Crippen LogP contribution is -2.46. The van der Waals surface area contributed by atoms with Crippen LogP contribution >= 0.6 is 0 Å². The van der Waals surface area contributed by atoms with E-state index in [9.17, 15) is 18.4 Å². The van der Waals surface area contributed by atoms with Crippen molar-refractivity contribution in [1.82, 2.24) is 19.3 Å². The molecule has 1 aliphatic rings. The predicted octanol–water partition coefficient (Wildman–Crippen LogP) is 2.69. The number of imidazole rings is 1. The Hall–Kier alpha value is -3.60. The number of carboxylic acid groups (broad SMARTS) is 1. The highest BCUT2D eigenvalue weighted by Gasteiger charge is 2.29. The average molecular weight is 446 g/mol. The van der Waals surface area contributed by atoms with Gasteiger partial charge in [0.15, 0.2) is 0 Å². The van der Waals surface area contributed by atoms with Gasteiger partial charge in [-0.2, -0.15) is 0 Å². The fraction of sp³-hybridized carbons (Fsp3) is 0.333. The number of benzene rings is 1. The van der Waals surface area contributed by atoms with Crippen molar-refractivity contribution in [2.75, 3.05) is 26.8 Å². The van der Waals surface area contributed by atoms with Crippen LogP contribution in [-0.4, -0.2) is 69.3 Å². The molecule has 2 aromatic heterocycles. The molecule has 1 fully saturated rings. The lowest BCUT2D eigenvalue weighted by Gasteiger charge is -2.32. The lowest BCUT2D eigenvalue weighted by atomic mass is 10.0. The number of carboxylic acids is 1. The Labute approximate surface area is 181 Å². The van der Waals surface area contributed by atoms with Crippen molar-refractivity contribution in [1.29, 1.82) is 0 Å². The summed E-state index contributed by atoms with van der Waals surface area (Å²) in [7, 11) is 1.29. The van der Waals surface area contributed by atoms with E-state index in [1.807, 2.05) is 0 Å². The van der Waals surface area contributed by atoms with Crippen LogP contribution in [0.1, 0.15) is 21.7 Å². The van der Waals surface area contributed by atoms with Gasteiger partial charge in [-0.3, -0.25) is 4.40 Å². The molecule has 11 heteroatoms. The van der Waals surface area contributed by atoms with Crippen LogP contribution in [0.3, 0.4) is 0 Å². The van der Waals surface area contributed by atoms with Crippen molar-refractivity contribution >= 4 is 17.7 Å². The van der Waals surface area contributed by atoms with Crippen molar-refractivity contribution in [3.8, 4) is 11.3 Å². The number of nitrogens with zero attached hydrogens (tertiary/aromatic N) is 4. The van der Waals surface area contributed by atoms with Crippen molar-refractivity contribution < 1.29 is 33.0 Å². The van der Waals surface area contributed by atoms with Crippen LogP contribution in [0.25, 0.3) is 16.9 Å². The molecular weight excluding hydrogens is 426 g/mol. The number of hydrogen-bond donors (Lipinski definition) is 1. The minimum atomic E-state index is -1.44. The first-order valence-electron chi connectivity index (χ1n) is 9.79. The van der Waals surface area contributed by atoms with Gasteiger partial charge in [-0.05, 0) is 19.1 Å². The Morgan fingerprint density at radius 1 is 1.28 bits per heavy atom. The first kappa shape index (κ1) is 21.6. The Morgan fingerprint density at radius 2 is 2.00 bits per heavy atom. The number of amides is 1. The van der Waals surface area contributed by atoms with E-state index in [0.29, 0.717) is 23.6 Å². The number of ether oxygens (including phenoxy) is 2. The zero-order valence-electron chi connectivity index (χ0n) is 17.3. The highest BCUT2D eigenvalue weighted by molar-refractivity contribution is 5.88. The highest BCUT2D eigenvalue weighted by Crippen LogP contribution is 2.32. The quantitative estimate of drug-likeness (QED) is 0.657. The third-order valence-electron chi connectivity index (χ3n) is 5.27. The molecule has 32 heavy (non-hydrogen) atoms. The lowest BCUT2D eigenvalue weighted by molar-refractivity contribution is -0.0241. The van der Waals surface area contributed by atoms with Crippen LogP contribution in [0.4, 0.5) is 13.6 Å². The second-order valence-electron chi connectivity index (χ2n) is 7.40. The summed E-state index contributed by atoms with van der Waals surface area (Å²) in [6, 6.07) is 3.18. The number of hydrogen-bond acceptors (Lipinski definition) is 6. The molecule has 0 radical (unpaired) electrons. The number of aromatic carboxylic acids is 1. The van der Waals surface area contributed by atoms with Crippen LogP contribution in [0.15, 0.2) is 24.5 Å². The van der Waals surface area contributed by atoms with Crippen LogP contribution < -0.4 is 0 Å². The van der Waals surface area contributed by atoms with E-state index < -0.39 is 40.9 Å². The number of aryl methyl sites for hydroxylation is 1. The Balaban J connectivity index is 1.80. The number of fused-ring (bicyclic) bond motifs is 1. The summed E-state index contributed by atoms with van der Waals surface area (Å²) < 4.78 is 41.9. The zero-order valence-corrected chi connectivity index (χ0v) is 17.3. The molecule has 168 valence electrons. The van der Waals surface area contributed by atoms with Gasteiger partial charge in [0.2, 0.25) is 0 Å². The molecule has 0 spiro atoms. The summed E-state index contributed by atoms with van der Waals surface area (Å²) in [5.74, 6) is -3.53. The second-order valence-corrected chi connectivity index (χ2v) is 7.40. The molecule has 0 saturated carbocycles. The molecule has 1 aliphatic heterocycles. The predicted molar refractivity (Wildman–Crippen MR) is 107 cm³/mol. The molecular formula is C21H20F2N4O5. The molecule has 1 unspecified atom stereocenters. The van der Waals surface area contributed by atoms with Crippen molar-refractivity contribution in [3.63, 3.8) is 0 Å². The van der Waals surface area contributed by atoms with Crippen LogP contribution in [0.2, 0.25) is 0 Å². The molecule has 0 bridgehead atoms. The molecule has 9 nitrogen and oxygen atoms in total. The number of carbonyl (C=O) groups excluding carboxylic acids is 1. The van der Waals surface area contributed by atoms with E-state index in [2.05, 4.69) is 9.97 Å². The van der Waals surface area contributed by atoms with Gasteiger partial charge in [-0.15, -0.1) is 0 Å². The first-order valence-corrected chi connectivity index (χ1v) is 9.79. The number of carbonyl (C=O) groups is 2. The fourth-order valence-electron chi connectivity index (χ4n) is 3.76. The Bertz CT molecular complexity index is 1190. The minimum absolute atomic E-state index is 0.0168. The van der Waals surface area contributed by atoms with Gasteiger partial charge in [-0.1, -0.05) is 0 Å². The monoisotopic (exact) mass is 446 g/mol.